The lowest BCUT2D eigenvalue weighted by molar-refractivity contribution is -0.131. The van der Waals surface area contributed by atoms with E-state index in [1.165, 1.54) is 0 Å². The Bertz CT molecular complexity index is 184. The third-order valence-electron chi connectivity index (χ3n) is 2.61. The molecule has 0 aromatic heterocycles. The average Bonchev–Trinajstić information content (AvgIpc) is 2.17. The van der Waals surface area contributed by atoms with Gasteiger partial charge in [-0.1, -0.05) is 0 Å². The number of amides is 1. The fraction of sp³-hybridized carbons (Fsp3) is 0.889. The van der Waals surface area contributed by atoms with Gasteiger partial charge in [-0.2, -0.15) is 0 Å². The molecule has 3 nitrogen and oxygen atoms in total. The third kappa shape index (κ3) is 2.85. The number of aliphatic hydroxyl groups excluding tert-OH is 1. The van der Waals surface area contributed by atoms with E-state index in [9.17, 15) is 9.90 Å². The molecular weight excluding hydrogens is 190 g/mol. The molecule has 0 spiro atoms. The Morgan fingerprint density at radius 1 is 1.77 bits per heavy atom. The van der Waals surface area contributed by atoms with Gasteiger partial charge in [0.15, 0.2) is 0 Å². The van der Waals surface area contributed by atoms with Crippen molar-refractivity contribution < 1.29 is 9.90 Å². The van der Waals surface area contributed by atoms with Gasteiger partial charge in [-0.25, -0.2) is 0 Å². The second kappa shape index (κ2) is 4.82. The largest absolute Gasteiger partial charge is 0.393 e. The Morgan fingerprint density at radius 2 is 2.46 bits per heavy atom. The first kappa shape index (κ1) is 10.8. The van der Waals surface area contributed by atoms with Crippen LogP contribution in [0.4, 0.5) is 0 Å². The molecule has 0 aromatic carbocycles. The molecule has 1 aliphatic rings. The van der Waals surface area contributed by atoms with Gasteiger partial charge in [-0.15, -0.1) is 11.6 Å². The van der Waals surface area contributed by atoms with Crippen LogP contribution in [0.1, 0.15) is 19.8 Å². The number of carbonyl (C=O) groups is 1. The van der Waals surface area contributed by atoms with Gasteiger partial charge in [0.25, 0.3) is 0 Å². The lowest BCUT2D eigenvalue weighted by Crippen LogP contribution is -2.43. The number of hydrogen-bond donors (Lipinski definition) is 1. The van der Waals surface area contributed by atoms with Gasteiger partial charge >= 0.3 is 0 Å². The molecule has 0 bridgehead atoms. The lowest BCUT2D eigenvalue weighted by Gasteiger charge is -2.33. The molecule has 2 atom stereocenters. The number of likely N-dealkylation sites (tertiary alicyclic amines) is 1. The summed E-state index contributed by atoms with van der Waals surface area (Å²) in [6.07, 6.45) is 1.65. The SMILES string of the molecule is C[C@@H](O)[C@H]1CCCN(C(=O)CCl)C1. The van der Waals surface area contributed by atoms with Crippen molar-refractivity contribution in [1.82, 2.24) is 4.90 Å². The van der Waals surface area contributed by atoms with Crippen LogP contribution in [-0.2, 0) is 4.79 Å². The molecule has 13 heavy (non-hydrogen) atoms. The molecular formula is C9H16ClNO2. The maximum absolute atomic E-state index is 11.2. The molecule has 1 heterocycles. The number of carbonyl (C=O) groups excluding carboxylic acids is 1. The number of hydrogen-bond acceptors (Lipinski definition) is 2. The van der Waals surface area contributed by atoms with E-state index in [1.54, 1.807) is 11.8 Å². The Morgan fingerprint density at radius 3 is 3.00 bits per heavy atom. The molecule has 1 aliphatic heterocycles. The summed E-state index contributed by atoms with van der Waals surface area (Å²) >= 11 is 5.46. The maximum Gasteiger partial charge on any atom is 0.237 e. The molecule has 1 rings (SSSR count). The quantitative estimate of drug-likeness (QED) is 0.679. The average molecular weight is 206 g/mol. The molecule has 0 aromatic rings. The van der Waals surface area contributed by atoms with Crippen LogP contribution in [0.15, 0.2) is 0 Å². The number of nitrogens with zero attached hydrogens (tertiary/aromatic N) is 1. The second-order valence-corrected chi connectivity index (χ2v) is 3.88. The van der Waals surface area contributed by atoms with Crippen molar-refractivity contribution in [3.05, 3.63) is 0 Å². The van der Waals surface area contributed by atoms with Crippen molar-refractivity contribution in [2.45, 2.75) is 25.9 Å². The van der Waals surface area contributed by atoms with Gasteiger partial charge in [0.1, 0.15) is 5.88 Å². The summed E-state index contributed by atoms with van der Waals surface area (Å²) in [6.45, 7) is 3.22. The fourth-order valence-corrected chi connectivity index (χ4v) is 1.88. The topological polar surface area (TPSA) is 40.5 Å². The molecule has 0 unspecified atom stereocenters. The summed E-state index contributed by atoms with van der Waals surface area (Å²) < 4.78 is 0. The van der Waals surface area contributed by atoms with Crippen LogP contribution in [0.25, 0.3) is 0 Å². The Labute approximate surface area is 83.7 Å². The molecule has 1 amide bonds. The summed E-state index contributed by atoms with van der Waals surface area (Å²) in [5, 5.41) is 9.38. The zero-order valence-electron chi connectivity index (χ0n) is 7.87. The predicted octanol–water partition coefficient (Wildman–Crippen LogP) is 0.845. The molecule has 1 fully saturated rings. The highest BCUT2D eigenvalue weighted by Crippen LogP contribution is 2.19. The van der Waals surface area contributed by atoms with E-state index >= 15 is 0 Å². The van der Waals surface area contributed by atoms with Gasteiger partial charge in [0.05, 0.1) is 6.10 Å². The molecule has 4 heteroatoms. The number of aliphatic hydroxyl groups is 1. The van der Waals surface area contributed by atoms with Crippen molar-refractivity contribution in [3.8, 4) is 0 Å². The first-order valence-corrected chi connectivity index (χ1v) is 5.20. The van der Waals surface area contributed by atoms with E-state index in [0.29, 0.717) is 6.54 Å². The first-order valence-electron chi connectivity index (χ1n) is 4.67. The van der Waals surface area contributed by atoms with Gasteiger partial charge < -0.3 is 10.0 Å². The number of piperidine rings is 1. The van der Waals surface area contributed by atoms with Crippen LogP contribution in [-0.4, -0.2) is 41.0 Å². The van der Waals surface area contributed by atoms with Gasteiger partial charge in [0, 0.05) is 19.0 Å². The molecule has 0 radical (unpaired) electrons. The van der Waals surface area contributed by atoms with Gasteiger partial charge in [-0.05, 0) is 19.8 Å². The zero-order valence-corrected chi connectivity index (χ0v) is 8.63. The Hall–Kier alpha value is -0.280. The first-order chi connectivity index (χ1) is 6.15. The third-order valence-corrected chi connectivity index (χ3v) is 2.84. The molecule has 1 saturated heterocycles. The zero-order chi connectivity index (χ0) is 9.84. The highest BCUT2D eigenvalue weighted by molar-refractivity contribution is 6.27. The normalized spacial score (nSPS) is 25.8. The minimum Gasteiger partial charge on any atom is -0.393 e. The van der Waals surface area contributed by atoms with Crippen LogP contribution in [0.2, 0.25) is 0 Å². The lowest BCUT2D eigenvalue weighted by atomic mass is 9.93. The Balaban J connectivity index is 2.46. The number of alkyl halides is 1. The molecule has 76 valence electrons. The van der Waals surface area contributed by atoms with Crippen LogP contribution < -0.4 is 0 Å². The highest BCUT2D eigenvalue weighted by Gasteiger charge is 2.25. The van der Waals surface area contributed by atoms with E-state index in [1.807, 2.05) is 0 Å². The molecule has 1 N–H and O–H groups in total. The van der Waals surface area contributed by atoms with E-state index in [2.05, 4.69) is 0 Å². The maximum atomic E-state index is 11.2. The van der Waals surface area contributed by atoms with Crippen molar-refractivity contribution >= 4 is 17.5 Å². The predicted molar refractivity (Wildman–Crippen MR) is 51.7 cm³/mol. The van der Waals surface area contributed by atoms with Crippen LogP contribution in [0.5, 0.6) is 0 Å². The monoisotopic (exact) mass is 205 g/mol. The summed E-state index contributed by atoms with van der Waals surface area (Å²) in [5.74, 6) is 0.250. The minimum atomic E-state index is -0.328. The smallest absolute Gasteiger partial charge is 0.237 e. The molecule has 0 saturated carbocycles. The summed E-state index contributed by atoms with van der Waals surface area (Å²) in [5.41, 5.74) is 0. The minimum absolute atomic E-state index is 0.0213. The van der Waals surface area contributed by atoms with Crippen LogP contribution >= 0.6 is 11.6 Å². The van der Waals surface area contributed by atoms with Crippen molar-refractivity contribution in [2.24, 2.45) is 5.92 Å². The fourth-order valence-electron chi connectivity index (χ4n) is 1.71. The number of rotatable bonds is 2. The van der Waals surface area contributed by atoms with E-state index in [4.69, 9.17) is 11.6 Å². The number of halogens is 1. The van der Waals surface area contributed by atoms with Gasteiger partial charge in [-0.3, -0.25) is 4.79 Å². The van der Waals surface area contributed by atoms with Crippen molar-refractivity contribution in [1.29, 1.82) is 0 Å². The summed E-state index contributed by atoms with van der Waals surface area (Å²) in [6, 6.07) is 0. The molecule has 0 aliphatic carbocycles. The van der Waals surface area contributed by atoms with Crippen molar-refractivity contribution in [3.63, 3.8) is 0 Å². The summed E-state index contributed by atoms with van der Waals surface area (Å²) in [7, 11) is 0. The Kier molecular flexibility index (Phi) is 4.00. The highest BCUT2D eigenvalue weighted by atomic mass is 35.5. The van der Waals surface area contributed by atoms with E-state index in [-0.39, 0.29) is 23.8 Å². The van der Waals surface area contributed by atoms with Crippen molar-refractivity contribution in [2.75, 3.05) is 19.0 Å². The van der Waals surface area contributed by atoms with Gasteiger partial charge in [0.2, 0.25) is 5.91 Å². The van der Waals surface area contributed by atoms with Crippen LogP contribution in [0, 0.1) is 5.92 Å². The van der Waals surface area contributed by atoms with E-state index < -0.39 is 0 Å². The second-order valence-electron chi connectivity index (χ2n) is 3.62. The summed E-state index contributed by atoms with van der Waals surface area (Å²) in [4.78, 5) is 13.0. The van der Waals surface area contributed by atoms with Crippen LogP contribution in [0.3, 0.4) is 0 Å². The standard InChI is InChI=1S/C9H16ClNO2/c1-7(12)8-3-2-4-11(6-8)9(13)5-10/h7-8,12H,2-6H2,1H3/t7-,8+/m1/s1. The van der Waals surface area contributed by atoms with E-state index in [0.717, 1.165) is 19.4 Å².